The number of carbonyl (C=O) groups excluding carboxylic acids is 1. The van der Waals surface area contributed by atoms with Crippen LogP contribution in [0.15, 0.2) is 18.2 Å². The molecule has 1 heterocycles. The van der Waals surface area contributed by atoms with Crippen molar-refractivity contribution in [1.29, 1.82) is 0 Å². The molecule has 0 radical (unpaired) electrons. The van der Waals surface area contributed by atoms with Crippen molar-refractivity contribution in [3.05, 3.63) is 35.4 Å². The largest absolute Gasteiger partial charge is 0.355 e. The molecule has 2 unspecified atom stereocenters. The Morgan fingerprint density at radius 3 is 2.64 bits per heavy atom. The van der Waals surface area contributed by atoms with E-state index in [0.29, 0.717) is 13.0 Å². The molecule has 1 aliphatic carbocycles. The fourth-order valence-electron chi connectivity index (χ4n) is 3.07. The van der Waals surface area contributed by atoms with E-state index in [9.17, 15) is 13.6 Å². The first kappa shape index (κ1) is 15.4. The van der Waals surface area contributed by atoms with Crippen molar-refractivity contribution >= 4 is 5.91 Å². The van der Waals surface area contributed by atoms with Crippen LogP contribution >= 0.6 is 0 Å². The summed E-state index contributed by atoms with van der Waals surface area (Å²) in [6, 6.07) is 3.84. The van der Waals surface area contributed by atoms with Gasteiger partial charge in [0.1, 0.15) is 11.6 Å². The predicted molar refractivity (Wildman–Crippen MR) is 79.5 cm³/mol. The molecule has 1 saturated carbocycles. The molecule has 2 atom stereocenters. The minimum absolute atomic E-state index is 0.0600. The molecule has 2 fully saturated rings. The first-order valence-corrected chi connectivity index (χ1v) is 7.81. The van der Waals surface area contributed by atoms with Gasteiger partial charge in [0, 0.05) is 56.7 Å². The highest BCUT2D eigenvalue weighted by atomic mass is 19.1. The summed E-state index contributed by atoms with van der Waals surface area (Å²) in [6.45, 7) is 5.34. The third kappa shape index (κ3) is 3.44. The molecular weight excluding hydrogens is 288 g/mol. The molecule has 1 saturated heterocycles. The maximum absolute atomic E-state index is 13.7. The molecule has 3 rings (SSSR count). The number of benzene rings is 1. The molecule has 1 aromatic rings. The Hall–Kier alpha value is -1.53. The molecule has 0 aromatic heterocycles. The average molecular weight is 309 g/mol. The molecule has 120 valence electrons. The van der Waals surface area contributed by atoms with Crippen LogP contribution < -0.4 is 10.6 Å². The van der Waals surface area contributed by atoms with E-state index in [0.717, 1.165) is 32.7 Å². The van der Waals surface area contributed by atoms with Crippen molar-refractivity contribution in [3.63, 3.8) is 0 Å². The summed E-state index contributed by atoms with van der Waals surface area (Å²) < 4.78 is 27.4. The standard InChI is InChI=1S/C16H21F2N3O/c17-13-2-1-3-14(18)15(13)11-10-12(11)16(22)20-6-9-21-7-4-19-5-8-21/h1-3,11-12,19H,4-10H2,(H,20,22). The van der Waals surface area contributed by atoms with Gasteiger partial charge in [0.15, 0.2) is 0 Å². The molecule has 2 N–H and O–H groups in total. The van der Waals surface area contributed by atoms with Crippen molar-refractivity contribution in [2.75, 3.05) is 39.3 Å². The number of halogens is 2. The lowest BCUT2D eigenvalue weighted by atomic mass is 10.1. The van der Waals surface area contributed by atoms with Crippen LogP contribution in [0.3, 0.4) is 0 Å². The van der Waals surface area contributed by atoms with E-state index in [1.807, 2.05) is 0 Å². The summed E-state index contributed by atoms with van der Waals surface area (Å²) in [5.41, 5.74) is 0.0600. The molecule has 1 amide bonds. The fourth-order valence-corrected chi connectivity index (χ4v) is 3.07. The number of hydrogen-bond acceptors (Lipinski definition) is 3. The van der Waals surface area contributed by atoms with E-state index >= 15 is 0 Å². The van der Waals surface area contributed by atoms with Crippen LogP contribution in [-0.2, 0) is 4.79 Å². The van der Waals surface area contributed by atoms with Crippen LogP contribution in [0.25, 0.3) is 0 Å². The van der Waals surface area contributed by atoms with Crippen molar-refractivity contribution in [3.8, 4) is 0 Å². The van der Waals surface area contributed by atoms with Gasteiger partial charge in [0.2, 0.25) is 5.91 Å². The highest BCUT2D eigenvalue weighted by Crippen LogP contribution is 2.49. The van der Waals surface area contributed by atoms with Gasteiger partial charge in [0.05, 0.1) is 0 Å². The van der Waals surface area contributed by atoms with Crippen LogP contribution in [0.2, 0.25) is 0 Å². The quantitative estimate of drug-likeness (QED) is 0.856. The van der Waals surface area contributed by atoms with Gasteiger partial charge in [-0.2, -0.15) is 0 Å². The summed E-state index contributed by atoms with van der Waals surface area (Å²) in [5.74, 6) is -1.82. The highest BCUT2D eigenvalue weighted by Gasteiger charge is 2.46. The molecular formula is C16H21F2N3O. The number of piperazine rings is 1. The normalized spacial score (nSPS) is 25.0. The SMILES string of the molecule is O=C(NCCN1CCNCC1)C1CC1c1c(F)cccc1F. The van der Waals surface area contributed by atoms with Crippen LogP contribution in [0.1, 0.15) is 17.9 Å². The predicted octanol–water partition coefficient (Wildman–Crippen LogP) is 1.09. The van der Waals surface area contributed by atoms with Crippen molar-refractivity contribution in [2.45, 2.75) is 12.3 Å². The van der Waals surface area contributed by atoms with E-state index in [-0.39, 0.29) is 23.3 Å². The Morgan fingerprint density at radius 1 is 1.27 bits per heavy atom. The number of nitrogens with zero attached hydrogens (tertiary/aromatic N) is 1. The van der Waals surface area contributed by atoms with Gasteiger partial charge >= 0.3 is 0 Å². The third-order valence-corrected chi connectivity index (χ3v) is 4.43. The molecule has 0 bridgehead atoms. The lowest BCUT2D eigenvalue weighted by molar-refractivity contribution is -0.122. The maximum atomic E-state index is 13.7. The summed E-state index contributed by atoms with van der Waals surface area (Å²) in [5, 5.41) is 6.16. The van der Waals surface area contributed by atoms with Gasteiger partial charge in [0.25, 0.3) is 0 Å². The van der Waals surface area contributed by atoms with Gasteiger partial charge < -0.3 is 10.6 Å². The Labute approximate surface area is 128 Å². The average Bonchev–Trinajstić information content (AvgIpc) is 3.28. The Kier molecular flexibility index (Phi) is 4.69. The van der Waals surface area contributed by atoms with E-state index < -0.39 is 11.6 Å². The zero-order valence-corrected chi connectivity index (χ0v) is 12.4. The van der Waals surface area contributed by atoms with Gasteiger partial charge in [-0.1, -0.05) is 6.07 Å². The number of nitrogens with one attached hydrogen (secondary N) is 2. The van der Waals surface area contributed by atoms with E-state index in [2.05, 4.69) is 15.5 Å². The smallest absolute Gasteiger partial charge is 0.223 e. The molecule has 6 heteroatoms. The summed E-state index contributed by atoms with van der Waals surface area (Å²) in [4.78, 5) is 14.4. The Balaban J connectivity index is 1.46. The van der Waals surface area contributed by atoms with Crippen LogP contribution in [-0.4, -0.2) is 50.1 Å². The molecule has 1 aliphatic heterocycles. The number of rotatable bonds is 5. The van der Waals surface area contributed by atoms with Gasteiger partial charge in [-0.25, -0.2) is 8.78 Å². The topological polar surface area (TPSA) is 44.4 Å². The van der Waals surface area contributed by atoms with Gasteiger partial charge in [-0.3, -0.25) is 9.69 Å². The summed E-state index contributed by atoms with van der Waals surface area (Å²) >= 11 is 0. The zero-order valence-electron chi connectivity index (χ0n) is 12.4. The van der Waals surface area contributed by atoms with Crippen molar-refractivity contribution < 1.29 is 13.6 Å². The molecule has 2 aliphatic rings. The van der Waals surface area contributed by atoms with Crippen molar-refractivity contribution in [2.24, 2.45) is 5.92 Å². The van der Waals surface area contributed by atoms with Crippen LogP contribution in [0.5, 0.6) is 0 Å². The Morgan fingerprint density at radius 2 is 1.95 bits per heavy atom. The first-order chi connectivity index (χ1) is 10.7. The maximum Gasteiger partial charge on any atom is 0.223 e. The Bertz CT molecular complexity index is 526. The van der Waals surface area contributed by atoms with Crippen LogP contribution in [0, 0.1) is 17.6 Å². The molecule has 4 nitrogen and oxygen atoms in total. The lowest BCUT2D eigenvalue weighted by Crippen LogP contribution is -2.46. The second kappa shape index (κ2) is 6.71. The van der Waals surface area contributed by atoms with E-state index in [1.54, 1.807) is 0 Å². The van der Waals surface area contributed by atoms with E-state index in [1.165, 1.54) is 18.2 Å². The fraction of sp³-hybridized carbons (Fsp3) is 0.562. The zero-order chi connectivity index (χ0) is 15.5. The van der Waals surface area contributed by atoms with E-state index in [4.69, 9.17) is 0 Å². The van der Waals surface area contributed by atoms with Crippen LogP contribution in [0.4, 0.5) is 8.78 Å². The lowest BCUT2D eigenvalue weighted by Gasteiger charge is -2.27. The van der Waals surface area contributed by atoms with Crippen molar-refractivity contribution in [1.82, 2.24) is 15.5 Å². The van der Waals surface area contributed by atoms with Gasteiger partial charge in [-0.05, 0) is 18.6 Å². The number of hydrogen-bond donors (Lipinski definition) is 2. The second-order valence-corrected chi connectivity index (χ2v) is 5.97. The minimum Gasteiger partial charge on any atom is -0.355 e. The number of amides is 1. The third-order valence-electron chi connectivity index (χ3n) is 4.43. The van der Waals surface area contributed by atoms with Gasteiger partial charge in [-0.15, -0.1) is 0 Å². The number of carbonyl (C=O) groups is 1. The highest BCUT2D eigenvalue weighted by molar-refractivity contribution is 5.82. The minimum atomic E-state index is -0.555. The summed E-state index contributed by atoms with van der Waals surface area (Å²) in [7, 11) is 0. The second-order valence-electron chi connectivity index (χ2n) is 5.97. The molecule has 22 heavy (non-hydrogen) atoms. The molecule has 1 aromatic carbocycles. The monoisotopic (exact) mass is 309 g/mol. The molecule has 0 spiro atoms. The first-order valence-electron chi connectivity index (χ1n) is 7.81. The summed E-state index contributed by atoms with van der Waals surface area (Å²) in [6.07, 6.45) is 0.525.